The summed E-state index contributed by atoms with van der Waals surface area (Å²) in [5, 5.41) is 2.72. The molecule has 0 bridgehead atoms. The zero-order chi connectivity index (χ0) is 16.9. The summed E-state index contributed by atoms with van der Waals surface area (Å²) in [6.07, 6.45) is 2.93. The number of nitrogens with one attached hydrogen (secondary N) is 1. The highest BCUT2D eigenvalue weighted by Crippen LogP contribution is 2.27. The van der Waals surface area contributed by atoms with Gasteiger partial charge in [0.15, 0.2) is 0 Å². The largest absolute Gasteiger partial charge is 0.495 e. The lowest BCUT2D eigenvalue weighted by Crippen LogP contribution is -2.28. The van der Waals surface area contributed by atoms with Crippen LogP contribution in [0.25, 0.3) is 6.08 Å². The van der Waals surface area contributed by atoms with E-state index in [4.69, 9.17) is 4.74 Å². The Morgan fingerprint density at radius 1 is 1.32 bits per heavy atom. The number of nitrogens with zero attached hydrogens (tertiary/aromatic N) is 1. The van der Waals surface area contributed by atoms with Gasteiger partial charge in [-0.05, 0) is 37.6 Å². The third-order valence-corrected chi connectivity index (χ3v) is 4.64. The van der Waals surface area contributed by atoms with E-state index in [0.29, 0.717) is 5.56 Å². The van der Waals surface area contributed by atoms with Crippen LogP contribution in [0.1, 0.15) is 19.4 Å². The molecule has 0 saturated heterocycles. The standard InChI is InChI=1S/C15H22N2O4S/c1-11(2)16-15(18)9-7-12-6-8-13(21-5)14(10-12)22(19,20)17(3)4/h6-11H,1-5H3,(H,16,18)/b9-7+. The Labute approximate surface area is 131 Å². The van der Waals surface area contributed by atoms with Crippen molar-refractivity contribution in [1.29, 1.82) is 0 Å². The molecule has 1 aromatic rings. The van der Waals surface area contributed by atoms with Crippen molar-refractivity contribution in [3.05, 3.63) is 29.8 Å². The summed E-state index contributed by atoms with van der Waals surface area (Å²) in [6.45, 7) is 3.72. The van der Waals surface area contributed by atoms with E-state index in [2.05, 4.69) is 5.32 Å². The van der Waals surface area contributed by atoms with Crippen molar-refractivity contribution in [2.24, 2.45) is 0 Å². The van der Waals surface area contributed by atoms with E-state index in [1.165, 1.54) is 33.3 Å². The normalized spacial score (nSPS) is 12.1. The van der Waals surface area contributed by atoms with E-state index in [1.807, 2.05) is 13.8 Å². The highest BCUT2D eigenvalue weighted by Gasteiger charge is 2.22. The average molecular weight is 326 g/mol. The lowest BCUT2D eigenvalue weighted by Gasteiger charge is -2.15. The lowest BCUT2D eigenvalue weighted by atomic mass is 10.2. The summed E-state index contributed by atoms with van der Waals surface area (Å²) in [6, 6.07) is 4.77. The van der Waals surface area contributed by atoms with Crippen molar-refractivity contribution < 1.29 is 17.9 Å². The minimum absolute atomic E-state index is 0.0395. The minimum Gasteiger partial charge on any atom is -0.495 e. The zero-order valence-corrected chi connectivity index (χ0v) is 14.3. The summed E-state index contributed by atoms with van der Waals surface area (Å²) in [4.78, 5) is 11.7. The first kappa shape index (κ1) is 18.2. The lowest BCUT2D eigenvalue weighted by molar-refractivity contribution is -0.116. The second kappa shape index (κ2) is 7.42. The Bertz CT molecular complexity index is 664. The van der Waals surface area contributed by atoms with Crippen LogP contribution in [0.4, 0.5) is 0 Å². The van der Waals surface area contributed by atoms with E-state index < -0.39 is 10.0 Å². The molecule has 0 radical (unpaired) electrons. The molecule has 22 heavy (non-hydrogen) atoms. The molecule has 0 aromatic heterocycles. The molecule has 0 aliphatic carbocycles. The monoisotopic (exact) mass is 326 g/mol. The molecule has 0 atom stereocenters. The third kappa shape index (κ3) is 4.57. The summed E-state index contributed by atoms with van der Waals surface area (Å²) in [5.74, 6) is 0.0281. The van der Waals surface area contributed by atoms with Gasteiger partial charge in [0.25, 0.3) is 0 Å². The molecule has 0 heterocycles. The average Bonchev–Trinajstić information content (AvgIpc) is 2.43. The van der Waals surface area contributed by atoms with Crippen LogP contribution in [0.15, 0.2) is 29.2 Å². The first-order chi connectivity index (χ1) is 10.2. The zero-order valence-electron chi connectivity index (χ0n) is 13.5. The number of carbonyl (C=O) groups is 1. The van der Waals surface area contributed by atoms with E-state index in [1.54, 1.807) is 18.2 Å². The number of sulfonamides is 1. The smallest absolute Gasteiger partial charge is 0.246 e. The van der Waals surface area contributed by atoms with Crippen LogP contribution in [0.2, 0.25) is 0 Å². The maximum absolute atomic E-state index is 12.3. The minimum atomic E-state index is -3.63. The molecule has 7 heteroatoms. The second-order valence-electron chi connectivity index (χ2n) is 5.19. The van der Waals surface area contributed by atoms with Crippen LogP contribution >= 0.6 is 0 Å². The van der Waals surface area contributed by atoms with Crippen LogP contribution < -0.4 is 10.1 Å². The molecule has 0 spiro atoms. The van der Waals surface area contributed by atoms with Gasteiger partial charge in [-0.25, -0.2) is 12.7 Å². The highest BCUT2D eigenvalue weighted by molar-refractivity contribution is 7.89. The number of carbonyl (C=O) groups excluding carboxylic acids is 1. The van der Waals surface area contributed by atoms with Gasteiger partial charge >= 0.3 is 0 Å². The van der Waals surface area contributed by atoms with Crippen molar-refractivity contribution >= 4 is 22.0 Å². The number of rotatable bonds is 6. The number of hydrogen-bond acceptors (Lipinski definition) is 4. The first-order valence-corrected chi connectivity index (χ1v) is 8.21. The Balaban J connectivity index is 3.16. The Kier molecular flexibility index (Phi) is 6.13. The van der Waals surface area contributed by atoms with Crippen molar-refractivity contribution in [3.63, 3.8) is 0 Å². The first-order valence-electron chi connectivity index (χ1n) is 6.77. The molecule has 0 saturated carbocycles. The molecular weight excluding hydrogens is 304 g/mol. The molecule has 1 rings (SSSR count). The van der Waals surface area contributed by atoms with E-state index in [9.17, 15) is 13.2 Å². The highest BCUT2D eigenvalue weighted by atomic mass is 32.2. The quantitative estimate of drug-likeness (QED) is 0.804. The van der Waals surface area contributed by atoms with Gasteiger partial charge in [-0.3, -0.25) is 4.79 Å². The predicted molar refractivity (Wildman–Crippen MR) is 86.2 cm³/mol. The van der Waals surface area contributed by atoms with Crippen molar-refractivity contribution in [3.8, 4) is 5.75 Å². The van der Waals surface area contributed by atoms with Gasteiger partial charge in [0.2, 0.25) is 15.9 Å². The number of methoxy groups -OCH3 is 1. The van der Waals surface area contributed by atoms with E-state index in [0.717, 1.165) is 4.31 Å². The maximum Gasteiger partial charge on any atom is 0.246 e. The second-order valence-corrected chi connectivity index (χ2v) is 7.31. The molecule has 0 fully saturated rings. The topological polar surface area (TPSA) is 75.7 Å². The molecule has 1 amide bonds. The van der Waals surface area contributed by atoms with Crippen LogP contribution in [0, 0.1) is 0 Å². The van der Waals surface area contributed by atoms with E-state index >= 15 is 0 Å². The van der Waals surface area contributed by atoms with Gasteiger partial charge in [-0.2, -0.15) is 0 Å². The Hall–Kier alpha value is -1.86. The maximum atomic E-state index is 12.3. The van der Waals surface area contributed by atoms with Gasteiger partial charge in [-0.1, -0.05) is 6.07 Å². The predicted octanol–water partition coefficient (Wildman–Crippen LogP) is 1.48. The van der Waals surface area contributed by atoms with Crippen molar-refractivity contribution in [1.82, 2.24) is 9.62 Å². The van der Waals surface area contributed by atoms with Crippen molar-refractivity contribution in [2.75, 3.05) is 21.2 Å². The van der Waals surface area contributed by atoms with Crippen LogP contribution in [-0.2, 0) is 14.8 Å². The fraction of sp³-hybridized carbons (Fsp3) is 0.400. The van der Waals surface area contributed by atoms with Gasteiger partial charge in [0.05, 0.1) is 7.11 Å². The molecule has 1 N–H and O–H groups in total. The van der Waals surface area contributed by atoms with Crippen LogP contribution in [0.5, 0.6) is 5.75 Å². The Morgan fingerprint density at radius 3 is 2.45 bits per heavy atom. The fourth-order valence-electron chi connectivity index (χ4n) is 1.70. The molecule has 0 aliphatic rings. The molecule has 0 aliphatic heterocycles. The third-order valence-electron chi connectivity index (χ3n) is 2.80. The molecular formula is C15H22N2O4S. The van der Waals surface area contributed by atoms with Gasteiger partial charge in [0, 0.05) is 26.2 Å². The Morgan fingerprint density at radius 2 is 1.95 bits per heavy atom. The van der Waals surface area contributed by atoms with Gasteiger partial charge < -0.3 is 10.1 Å². The number of ether oxygens (including phenoxy) is 1. The van der Waals surface area contributed by atoms with E-state index in [-0.39, 0.29) is 22.6 Å². The number of amides is 1. The summed E-state index contributed by atoms with van der Waals surface area (Å²) < 4.78 is 30.8. The van der Waals surface area contributed by atoms with Gasteiger partial charge in [0.1, 0.15) is 10.6 Å². The SMILES string of the molecule is COc1ccc(/C=C/C(=O)NC(C)C)cc1S(=O)(=O)N(C)C. The molecule has 6 nitrogen and oxygen atoms in total. The summed E-state index contributed by atoms with van der Waals surface area (Å²) in [5.41, 5.74) is 0.597. The number of hydrogen-bond donors (Lipinski definition) is 1. The summed E-state index contributed by atoms with van der Waals surface area (Å²) >= 11 is 0. The molecule has 0 unspecified atom stereocenters. The van der Waals surface area contributed by atoms with Crippen LogP contribution in [0.3, 0.4) is 0 Å². The summed E-state index contributed by atoms with van der Waals surface area (Å²) in [7, 11) is 0.690. The van der Waals surface area contributed by atoms with Gasteiger partial charge in [-0.15, -0.1) is 0 Å². The van der Waals surface area contributed by atoms with Crippen LogP contribution in [-0.4, -0.2) is 45.9 Å². The number of benzene rings is 1. The van der Waals surface area contributed by atoms with Crippen molar-refractivity contribution in [2.45, 2.75) is 24.8 Å². The molecule has 122 valence electrons. The molecule has 1 aromatic carbocycles. The fourth-order valence-corrected chi connectivity index (χ4v) is 2.78.